The summed E-state index contributed by atoms with van der Waals surface area (Å²) in [5.41, 5.74) is 2.49. The molecule has 3 rings (SSSR count). The zero-order valence-corrected chi connectivity index (χ0v) is 13.4. The predicted molar refractivity (Wildman–Crippen MR) is 84.2 cm³/mol. The first kappa shape index (κ1) is 14.6. The van der Waals surface area contributed by atoms with Gasteiger partial charge in [0.05, 0.1) is 11.5 Å². The molecule has 114 valence electrons. The summed E-state index contributed by atoms with van der Waals surface area (Å²) in [6.45, 7) is 8.36. The fourth-order valence-corrected chi connectivity index (χ4v) is 3.94. The molecule has 1 aliphatic carbocycles. The maximum Gasteiger partial charge on any atom is 0.234 e. The lowest BCUT2D eigenvalue weighted by molar-refractivity contribution is -0.119. The molecule has 1 aromatic carbocycles. The van der Waals surface area contributed by atoms with Gasteiger partial charge in [-0.2, -0.15) is 0 Å². The number of aliphatic hydroxyl groups excluding tert-OH is 1. The van der Waals surface area contributed by atoms with E-state index in [2.05, 4.69) is 19.2 Å². The Balaban J connectivity index is 1.95. The number of benzene rings is 1. The number of fused-ring (bicyclic) bond motifs is 1. The maximum atomic E-state index is 12.0. The summed E-state index contributed by atoms with van der Waals surface area (Å²) in [5.74, 6) is 0.328. The third kappa shape index (κ3) is 2.18. The Kier molecular flexibility index (Phi) is 3.17. The van der Waals surface area contributed by atoms with E-state index in [1.165, 1.54) is 12.8 Å². The van der Waals surface area contributed by atoms with Gasteiger partial charge in [-0.1, -0.05) is 32.4 Å². The summed E-state index contributed by atoms with van der Waals surface area (Å²) in [7, 11) is 0. The van der Waals surface area contributed by atoms with Crippen LogP contribution in [0.5, 0.6) is 0 Å². The van der Waals surface area contributed by atoms with E-state index < -0.39 is 11.5 Å². The van der Waals surface area contributed by atoms with Crippen LogP contribution in [-0.2, 0) is 10.2 Å². The van der Waals surface area contributed by atoms with Crippen molar-refractivity contribution in [2.45, 2.75) is 58.5 Å². The van der Waals surface area contributed by atoms with Crippen molar-refractivity contribution in [1.29, 1.82) is 0 Å². The van der Waals surface area contributed by atoms with E-state index in [0.29, 0.717) is 5.92 Å². The van der Waals surface area contributed by atoms with Gasteiger partial charge in [-0.15, -0.1) is 0 Å². The van der Waals surface area contributed by atoms with Crippen LogP contribution in [0.25, 0.3) is 0 Å². The molecule has 21 heavy (non-hydrogen) atoms. The van der Waals surface area contributed by atoms with Gasteiger partial charge in [0, 0.05) is 5.69 Å². The van der Waals surface area contributed by atoms with E-state index in [4.69, 9.17) is 0 Å². The Labute approximate surface area is 126 Å². The molecular weight excluding hydrogens is 262 g/mol. The van der Waals surface area contributed by atoms with Crippen LogP contribution in [-0.4, -0.2) is 11.0 Å². The van der Waals surface area contributed by atoms with E-state index >= 15 is 0 Å². The van der Waals surface area contributed by atoms with Gasteiger partial charge in [-0.05, 0) is 55.2 Å². The third-order valence-corrected chi connectivity index (χ3v) is 5.60. The summed E-state index contributed by atoms with van der Waals surface area (Å²) >= 11 is 0. The molecule has 1 aliphatic heterocycles. The molecule has 2 N–H and O–H groups in total. The summed E-state index contributed by atoms with van der Waals surface area (Å²) in [5, 5.41) is 13.7. The minimum Gasteiger partial charge on any atom is -0.388 e. The summed E-state index contributed by atoms with van der Waals surface area (Å²) in [6.07, 6.45) is 2.99. The molecule has 3 heteroatoms. The first-order chi connectivity index (χ1) is 9.73. The number of carbonyl (C=O) groups excluding carboxylic acids is 1. The number of hydrogen-bond donors (Lipinski definition) is 2. The molecule has 0 aromatic heterocycles. The lowest BCUT2D eigenvalue weighted by Gasteiger charge is -2.31. The van der Waals surface area contributed by atoms with Gasteiger partial charge in [0.2, 0.25) is 5.91 Å². The van der Waals surface area contributed by atoms with Crippen molar-refractivity contribution < 1.29 is 9.90 Å². The number of aliphatic hydroxyl groups is 1. The largest absolute Gasteiger partial charge is 0.388 e. The zero-order chi connectivity index (χ0) is 15.4. The fourth-order valence-electron chi connectivity index (χ4n) is 3.94. The molecule has 2 unspecified atom stereocenters. The van der Waals surface area contributed by atoms with Gasteiger partial charge in [0.25, 0.3) is 0 Å². The third-order valence-electron chi connectivity index (χ3n) is 5.60. The van der Waals surface area contributed by atoms with Crippen molar-refractivity contribution in [3.63, 3.8) is 0 Å². The molecular formula is C18H25NO2. The molecule has 2 atom stereocenters. The Morgan fingerprint density at radius 3 is 2.62 bits per heavy atom. The number of anilines is 1. The maximum absolute atomic E-state index is 12.0. The summed E-state index contributed by atoms with van der Waals surface area (Å²) < 4.78 is 0. The second kappa shape index (κ2) is 4.57. The Bertz CT molecular complexity index is 589. The Morgan fingerprint density at radius 1 is 1.29 bits per heavy atom. The van der Waals surface area contributed by atoms with E-state index in [-0.39, 0.29) is 11.3 Å². The van der Waals surface area contributed by atoms with Crippen LogP contribution in [0, 0.1) is 11.3 Å². The van der Waals surface area contributed by atoms with Crippen LogP contribution in [0.2, 0.25) is 0 Å². The zero-order valence-electron chi connectivity index (χ0n) is 13.4. The monoisotopic (exact) mass is 287 g/mol. The molecule has 1 fully saturated rings. The van der Waals surface area contributed by atoms with Crippen molar-refractivity contribution in [3.05, 3.63) is 29.3 Å². The Hall–Kier alpha value is -1.35. The van der Waals surface area contributed by atoms with E-state index in [0.717, 1.165) is 23.2 Å². The normalized spacial score (nSPS) is 27.3. The van der Waals surface area contributed by atoms with Crippen LogP contribution < -0.4 is 5.32 Å². The van der Waals surface area contributed by atoms with Gasteiger partial charge < -0.3 is 10.4 Å². The lowest BCUT2D eigenvalue weighted by atomic mass is 9.76. The molecule has 3 nitrogen and oxygen atoms in total. The van der Waals surface area contributed by atoms with Crippen molar-refractivity contribution in [2.75, 3.05) is 5.32 Å². The fraction of sp³-hybridized carbons (Fsp3) is 0.611. The van der Waals surface area contributed by atoms with Gasteiger partial charge in [-0.25, -0.2) is 0 Å². The second-order valence-electron chi connectivity index (χ2n) is 7.82. The van der Waals surface area contributed by atoms with Gasteiger partial charge in [-0.3, -0.25) is 4.79 Å². The van der Waals surface area contributed by atoms with Crippen LogP contribution in [0.1, 0.15) is 64.2 Å². The summed E-state index contributed by atoms with van der Waals surface area (Å²) in [6, 6.07) is 5.91. The molecule has 2 aliphatic rings. The molecule has 0 spiro atoms. The molecule has 1 heterocycles. The number of nitrogens with one attached hydrogen (secondary N) is 1. The van der Waals surface area contributed by atoms with Gasteiger partial charge in [0.1, 0.15) is 0 Å². The number of carbonyl (C=O) groups is 1. The minimum atomic E-state index is -0.518. The van der Waals surface area contributed by atoms with Crippen molar-refractivity contribution in [3.8, 4) is 0 Å². The predicted octanol–water partition coefficient (Wildman–Crippen LogP) is 3.78. The SMILES string of the molecule is CC1(C)C(=O)Nc2ccc(C(O)C3CCCC3(C)C)cc21. The number of rotatable bonds is 2. The van der Waals surface area contributed by atoms with Crippen molar-refractivity contribution >= 4 is 11.6 Å². The van der Waals surface area contributed by atoms with Crippen LogP contribution >= 0.6 is 0 Å². The molecule has 0 saturated heterocycles. The number of hydrogen-bond acceptors (Lipinski definition) is 2. The molecule has 0 bridgehead atoms. The van der Waals surface area contributed by atoms with E-state index in [1.807, 2.05) is 32.0 Å². The van der Waals surface area contributed by atoms with Crippen molar-refractivity contribution in [2.24, 2.45) is 11.3 Å². The smallest absolute Gasteiger partial charge is 0.234 e. The average Bonchev–Trinajstić information content (AvgIpc) is 2.87. The summed E-state index contributed by atoms with van der Waals surface area (Å²) in [4.78, 5) is 12.0. The second-order valence-corrected chi connectivity index (χ2v) is 7.82. The van der Waals surface area contributed by atoms with E-state index in [1.54, 1.807) is 0 Å². The first-order valence-electron chi connectivity index (χ1n) is 7.87. The highest BCUT2D eigenvalue weighted by molar-refractivity contribution is 6.05. The topological polar surface area (TPSA) is 49.3 Å². The lowest BCUT2D eigenvalue weighted by Crippen LogP contribution is -2.27. The first-order valence-corrected chi connectivity index (χ1v) is 7.87. The number of amides is 1. The molecule has 1 saturated carbocycles. The standard InChI is InChI=1S/C18H25NO2/c1-17(2)9-5-6-12(17)15(20)11-7-8-14-13(10-11)18(3,4)16(21)19-14/h7-8,10,12,15,20H,5-6,9H2,1-4H3,(H,19,21). The van der Waals surface area contributed by atoms with Crippen LogP contribution in [0.3, 0.4) is 0 Å². The average molecular weight is 287 g/mol. The van der Waals surface area contributed by atoms with E-state index in [9.17, 15) is 9.90 Å². The highest BCUT2D eigenvalue weighted by Crippen LogP contribution is 2.49. The Morgan fingerprint density at radius 2 is 2.00 bits per heavy atom. The van der Waals surface area contributed by atoms with Crippen LogP contribution in [0.4, 0.5) is 5.69 Å². The molecule has 1 aromatic rings. The highest BCUT2D eigenvalue weighted by Gasteiger charge is 2.42. The molecule has 0 radical (unpaired) electrons. The van der Waals surface area contributed by atoms with Gasteiger partial charge >= 0.3 is 0 Å². The van der Waals surface area contributed by atoms with Crippen LogP contribution in [0.15, 0.2) is 18.2 Å². The van der Waals surface area contributed by atoms with Gasteiger partial charge in [0.15, 0.2) is 0 Å². The molecule has 1 amide bonds. The highest BCUT2D eigenvalue weighted by atomic mass is 16.3. The minimum absolute atomic E-state index is 0.0327. The quantitative estimate of drug-likeness (QED) is 0.869. The van der Waals surface area contributed by atoms with Crippen molar-refractivity contribution in [1.82, 2.24) is 0 Å².